The fourth-order valence-corrected chi connectivity index (χ4v) is 3.03. The zero-order valence-corrected chi connectivity index (χ0v) is 16.2. The number of hydrogen-bond donors (Lipinski definition) is 1. The number of rotatable bonds is 6. The molecular formula is C20H20N4O5. The summed E-state index contributed by atoms with van der Waals surface area (Å²) in [5, 5.41) is 19.8. The van der Waals surface area contributed by atoms with Gasteiger partial charge in [-0.25, -0.2) is 0 Å². The third-order valence-electron chi connectivity index (χ3n) is 4.50. The second kappa shape index (κ2) is 8.09. The van der Waals surface area contributed by atoms with Crippen LogP contribution in [0.1, 0.15) is 18.3 Å². The number of nitro groups is 1. The van der Waals surface area contributed by atoms with Gasteiger partial charge in [0.15, 0.2) is 6.10 Å². The van der Waals surface area contributed by atoms with Crippen molar-refractivity contribution < 1.29 is 19.2 Å². The van der Waals surface area contributed by atoms with Gasteiger partial charge in [0.1, 0.15) is 17.9 Å². The molecule has 0 aliphatic carbocycles. The van der Waals surface area contributed by atoms with Crippen LogP contribution in [0.5, 0.6) is 0 Å². The molecule has 150 valence electrons. The van der Waals surface area contributed by atoms with Crippen LogP contribution < -0.4 is 5.32 Å². The van der Waals surface area contributed by atoms with Crippen LogP contribution in [0.4, 0.5) is 11.4 Å². The van der Waals surface area contributed by atoms with Crippen molar-refractivity contribution in [1.82, 2.24) is 9.78 Å². The third kappa shape index (κ3) is 4.40. The van der Waals surface area contributed by atoms with E-state index in [9.17, 15) is 19.7 Å². The van der Waals surface area contributed by atoms with E-state index in [1.807, 2.05) is 36.4 Å². The number of aryl methyl sites for hydroxylation is 1. The SMILES string of the molecule is Cc1nn(CC(=O)O[C@H](C)C(=O)Nc2ccc3ccccc3c2)c(C)c1[N+](=O)[O-]. The molecule has 0 spiro atoms. The number of hydrogen-bond acceptors (Lipinski definition) is 6. The summed E-state index contributed by atoms with van der Waals surface area (Å²) >= 11 is 0. The van der Waals surface area contributed by atoms with Crippen LogP contribution in [0.2, 0.25) is 0 Å². The van der Waals surface area contributed by atoms with Gasteiger partial charge in [-0.15, -0.1) is 0 Å². The minimum atomic E-state index is -1.04. The number of ether oxygens (including phenoxy) is 1. The maximum atomic E-state index is 12.4. The van der Waals surface area contributed by atoms with E-state index in [4.69, 9.17) is 4.74 Å². The molecule has 0 fully saturated rings. The summed E-state index contributed by atoms with van der Waals surface area (Å²) in [6, 6.07) is 13.2. The Labute approximate surface area is 166 Å². The number of aromatic nitrogens is 2. The lowest BCUT2D eigenvalue weighted by Crippen LogP contribution is -2.31. The van der Waals surface area contributed by atoms with Crippen molar-refractivity contribution in [1.29, 1.82) is 0 Å². The van der Waals surface area contributed by atoms with Gasteiger partial charge in [0, 0.05) is 5.69 Å². The number of anilines is 1. The van der Waals surface area contributed by atoms with Gasteiger partial charge in [-0.1, -0.05) is 30.3 Å². The van der Waals surface area contributed by atoms with Crippen LogP contribution in [-0.4, -0.2) is 32.7 Å². The lowest BCUT2D eigenvalue weighted by molar-refractivity contribution is -0.386. The van der Waals surface area contributed by atoms with Crippen LogP contribution in [0.15, 0.2) is 42.5 Å². The van der Waals surface area contributed by atoms with E-state index in [1.165, 1.54) is 25.5 Å². The maximum absolute atomic E-state index is 12.4. The van der Waals surface area contributed by atoms with E-state index >= 15 is 0 Å². The van der Waals surface area contributed by atoms with Gasteiger partial charge in [0.25, 0.3) is 5.91 Å². The Hall–Kier alpha value is -3.75. The Kier molecular flexibility index (Phi) is 5.58. The molecule has 0 saturated heterocycles. The summed E-state index contributed by atoms with van der Waals surface area (Å²) in [7, 11) is 0. The largest absolute Gasteiger partial charge is 0.451 e. The minimum Gasteiger partial charge on any atom is -0.451 e. The molecule has 0 aliphatic heterocycles. The fourth-order valence-electron chi connectivity index (χ4n) is 3.03. The Bertz CT molecular complexity index is 1110. The van der Waals surface area contributed by atoms with E-state index in [0.717, 1.165) is 10.8 Å². The zero-order valence-electron chi connectivity index (χ0n) is 16.2. The highest BCUT2D eigenvalue weighted by Crippen LogP contribution is 2.22. The molecule has 1 atom stereocenters. The summed E-state index contributed by atoms with van der Waals surface area (Å²) < 4.78 is 6.36. The molecule has 2 aromatic carbocycles. The molecule has 0 radical (unpaired) electrons. The first-order chi connectivity index (χ1) is 13.8. The van der Waals surface area contributed by atoms with Crippen LogP contribution in [0.25, 0.3) is 10.8 Å². The first-order valence-corrected chi connectivity index (χ1v) is 8.94. The number of esters is 1. The van der Waals surface area contributed by atoms with Crippen molar-refractivity contribution in [3.63, 3.8) is 0 Å². The fraction of sp³-hybridized carbons (Fsp3) is 0.250. The highest BCUT2D eigenvalue weighted by atomic mass is 16.6. The Morgan fingerprint density at radius 1 is 1.21 bits per heavy atom. The average Bonchev–Trinajstić information content (AvgIpc) is 2.94. The number of benzene rings is 2. The van der Waals surface area contributed by atoms with E-state index in [0.29, 0.717) is 5.69 Å². The molecule has 0 bridgehead atoms. The van der Waals surface area contributed by atoms with Crippen molar-refractivity contribution in [2.24, 2.45) is 0 Å². The van der Waals surface area contributed by atoms with Gasteiger partial charge in [-0.3, -0.25) is 24.4 Å². The zero-order chi connectivity index (χ0) is 21.1. The first kappa shape index (κ1) is 20.0. The number of nitrogens with one attached hydrogen (secondary N) is 1. The Balaban J connectivity index is 1.62. The Morgan fingerprint density at radius 2 is 1.90 bits per heavy atom. The third-order valence-corrected chi connectivity index (χ3v) is 4.50. The number of carbonyl (C=O) groups excluding carboxylic acids is 2. The molecule has 3 rings (SSSR count). The molecule has 1 amide bonds. The maximum Gasteiger partial charge on any atom is 0.328 e. The molecule has 1 N–H and O–H groups in total. The van der Waals surface area contributed by atoms with Gasteiger partial charge in [-0.2, -0.15) is 5.10 Å². The number of nitrogens with zero attached hydrogens (tertiary/aromatic N) is 3. The van der Waals surface area contributed by atoms with Crippen LogP contribution >= 0.6 is 0 Å². The predicted molar refractivity (Wildman–Crippen MR) is 106 cm³/mol. The molecule has 0 saturated carbocycles. The highest BCUT2D eigenvalue weighted by molar-refractivity contribution is 5.97. The lowest BCUT2D eigenvalue weighted by Gasteiger charge is -2.14. The standard InChI is InChI=1S/C20H20N4O5/c1-12-19(24(27)28)13(2)23(22-12)11-18(25)29-14(3)20(26)21-17-9-8-15-6-4-5-7-16(15)10-17/h4-10,14H,11H2,1-3H3,(H,21,26)/t14-/m1/s1. The molecule has 0 unspecified atom stereocenters. The van der Waals surface area contributed by atoms with E-state index in [-0.39, 0.29) is 23.6 Å². The van der Waals surface area contributed by atoms with Crippen LogP contribution in [0.3, 0.4) is 0 Å². The summed E-state index contributed by atoms with van der Waals surface area (Å²) in [6.45, 7) is 4.12. The second-order valence-corrected chi connectivity index (χ2v) is 6.62. The van der Waals surface area contributed by atoms with Gasteiger partial charge in [0.2, 0.25) is 0 Å². The number of amides is 1. The predicted octanol–water partition coefficient (Wildman–Crippen LogP) is 3.13. The second-order valence-electron chi connectivity index (χ2n) is 6.62. The summed E-state index contributed by atoms with van der Waals surface area (Å²) in [5.74, 6) is -1.19. The monoisotopic (exact) mass is 396 g/mol. The molecule has 9 heteroatoms. The summed E-state index contributed by atoms with van der Waals surface area (Å²) in [5.41, 5.74) is 0.908. The quantitative estimate of drug-likeness (QED) is 0.389. The topological polar surface area (TPSA) is 116 Å². The minimum absolute atomic E-state index is 0.139. The molecule has 1 heterocycles. The normalized spacial score (nSPS) is 11.8. The number of fused-ring (bicyclic) bond motifs is 1. The van der Waals surface area contributed by atoms with Crippen molar-refractivity contribution >= 4 is 34.0 Å². The molecule has 29 heavy (non-hydrogen) atoms. The average molecular weight is 396 g/mol. The van der Waals surface area contributed by atoms with Crippen molar-refractivity contribution in [3.8, 4) is 0 Å². The van der Waals surface area contributed by atoms with E-state index < -0.39 is 22.9 Å². The summed E-state index contributed by atoms with van der Waals surface area (Å²) in [4.78, 5) is 35.0. The van der Waals surface area contributed by atoms with Crippen LogP contribution in [-0.2, 0) is 20.9 Å². The highest BCUT2D eigenvalue weighted by Gasteiger charge is 2.24. The molecule has 9 nitrogen and oxygen atoms in total. The Morgan fingerprint density at radius 3 is 2.55 bits per heavy atom. The summed E-state index contributed by atoms with van der Waals surface area (Å²) in [6.07, 6.45) is -1.04. The van der Waals surface area contributed by atoms with E-state index in [2.05, 4.69) is 10.4 Å². The smallest absolute Gasteiger partial charge is 0.328 e. The van der Waals surface area contributed by atoms with Crippen LogP contribution in [0, 0.1) is 24.0 Å². The van der Waals surface area contributed by atoms with Gasteiger partial charge in [0.05, 0.1) is 4.92 Å². The molecular weight excluding hydrogens is 376 g/mol. The van der Waals surface area contributed by atoms with Crippen molar-refractivity contribution in [2.75, 3.05) is 5.32 Å². The molecule has 0 aliphatic rings. The number of carbonyl (C=O) groups is 2. The first-order valence-electron chi connectivity index (χ1n) is 8.94. The van der Waals surface area contributed by atoms with Gasteiger partial charge < -0.3 is 10.1 Å². The van der Waals surface area contributed by atoms with Crippen molar-refractivity contribution in [3.05, 3.63) is 64.0 Å². The van der Waals surface area contributed by atoms with Crippen molar-refractivity contribution in [2.45, 2.75) is 33.4 Å². The lowest BCUT2D eigenvalue weighted by atomic mass is 10.1. The molecule has 3 aromatic rings. The molecule has 1 aromatic heterocycles. The van der Waals surface area contributed by atoms with Gasteiger partial charge >= 0.3 is 11.7 Å². The van der Waals surface area contributed by atoms with Gasteiger partial charge in [-0.05, 0) is 43.7 Å². The van der Waals surface area contributed by atoms with E-state index in [1.54, 1.807) is 6.07 Å².